The third-order valence-corrected chi connectivity index (χ3v) is 3.84. The van der Waals surface area contributed by atoms with E-state index in [2.05, 4.69) is 45.7 Å². The van der Waals surface area contributed by atoms with Crippen LogP contribution in [0.2, 0.25) is 0 Å². The van der Waals surface area contributed by atoms with Gasteiger partial charge in [-0.1, -0.05) is 0 Å². The van der Waals surface area contributed by atoms with E-state index >= 15 is 0 Å². The largest absolute Gasteiger partial charge is 0.308 e. The smallest absolute Gasteiger partial charge is 0.0666 e. The van der Waals surface area contributed by atoms with Crippen LogP contribution in [-0.4, -0.2) is 6.54 Å². The van der Waals surface area contributed by atoms with Crippen molar-refractivity contribution in [3.05, 3.63) is 20.8 Å². The summed E-state index contributed by atoms with van der Waals surface area (Å²) in [6, 6.07) is 4.64. The fourth-order valence-corrected chi connectivity index (χ4v) is 2.53. The van der Waals surface area contributed by atoms with E-state index in [4.69, 9.17) is 5.26 Å². The molecular formula is C10H13BrN2S. The molecule has 0 fully saturated rings. The van der Waals surface area contributed by atoms with Gasteiger partial charge in [0.1, 0.15) is 0 Å². The zero-order valence-electron chi connectivity index (χ0n) is 8.25. The van der Waals surface area contributed by atoms with Crippen molar-refractivity contribution in [2.45, 2.75) is 19.9 Å². The van der Waals surface area contributed by atoms with Crippen molar-refractivity contribution in [1.82, 2.24) is 5.32 Å². The molecule has 0 amide bonds. The van der Waals surface area contributed by atoms with Crippen LogP contribution in [0, 0.1) is 17.2 Å². The summed E-state index contributed by atoms with van der Waals surface area (Å²) in [5.41, 5.74) is 0. The number of nitrogens with one attached hydrogen (secondary N) is 1. The first-order valence-electron chi connectivity index (χ1n) is 4.50. The van der Waals surface area contributed by atoms with Gasteiger partial charge < -0.3 is 5.32 Å². The molecule has 2 atom stereocenters. The molecule has 0 radical (unpaired) electrons. The van der Waals surface area contributed by atoms with Crippen molar-refractivity contribution in [2.24, 2.45) is 5.92 Å². The lowest BCUT2D eigenvalue weighted by molar-refractivity contribution is 0.533. The lowest BCUT2D eigenvalue weighted by atomic mass is 10.2. The number of halogens is 1. The number of nitriles is 1. The molecule has 0 aliphatic heterocycles. The SMILES string of the molecule is CC(C#N)CNC(C)c1cc(Br)cs1. The van der Waals surface area contributed by atoms with Crippen LogP contribution in [0.3, 0.4) is 0 Å². The second-order valence-electron chi connectivity index (χ2n) is 3.33. The molecule has 76 valence electrons. The number of hydrogen-bond acceptors (Lipinski definition) is 3. The maximum atomic E-state index is 8.63. The molecular weight excluding hydrogens is 260 g/mol. The van der Waals surface area contributed by atoms with E-state index in [0.29, 0.717) is 6.04 Å². The van der Waals surface area contributed by atoms with Gasteiger partial charge in [-0.25, -0.2) is 0 Å². The van der Waals surface area contributed by atoms with Crippen LogP contribution in [0.4, 0.5) is 0 Å². The molecule has 1 N–H and O–H groups in total. The summed E-state index contributed by atoms with van der Waals surface area (Å²) in [5.74, 6) is 0.0702. The highest BCUT2D eigenvalue weighted by atomic mass is 79.9. The van der Waals surface area contributed by atoms with Gasteiger partial charge in [-0.2, -0.15) is 5.26 Å². The Labute approximate surface area is 97.1 Å². The Morgan fingerprint density at radius 1 is 1.64 bits per heavy atom. The van der Waals surface area contributed by atoms with Crippen LogP contribution in [0.25, 0.3) is 0 Å². The summed E-state index contributed by atoms with van der Waals surface area (Å²) in [6.07, 6.45) is 0. The predicted octanol–water partition coefficient (Wildman–Crippen LogP) is 3.32. The molecule has 1 heterocycles. The molecule has 2 nitrogen and oxygen atoms in total. The van der Waals surface area contributed by atoms with E-state index < -0.39 is 0 Å². The van der Waals surface area contributed by atoms with Crippen LogP contribution in [0.15, 0.2) is 15.9 Å². The van der Waals surface area contributed by atoms with Gasteiger partial charge >= 0.3 is 0 Å². The van der Waals surface area contributed by atoms with E-state index in [-0.39, 0.29) is 5.92 Å². The summed E-state index contributed by atoms with van der Waals surface area (Å²) < 4.78 is 1.12. The molecule has 0 aliphatic rings. The minimum absolute atomic E-state index is 0.0702. The van der Waals surface area contributed by atoms with Crippen molar-refractivity contribution in [1.29, 1.82) is 5.26 Å². The van der Waals surface area contributed by atoms with Crippen molar-refractivity contribution in [3.63, 3.8) is 0 Å². The van der Waals surface area contributed by atoms with Crippen molar-refractivity contribution in [2.75, 3.05) is 6.54 Å². The molecule has 14 heavy (non-hydrogen) atoms. The average molecular weight is 273 g/mol. The third-order valence-electron chi connectivity index (χ3n) is 1.97. The van der Waals surface area contributed by atoms with E-state index in [1.807, 2.05) is 6.92 Å². The Morgan fingerprint density at radius 3 is 2.86 bits per heavy atom. The van der Waals surface area contributed by atoms with Crippen LogP contribution in [0.1, 0.15) is 24.8 Å². The maximum absolute atomic E-state index is 8.63. The van der Waals surface area contributed by atoms with Gasteiger partial charge in [-0.3, -0.25) is 0 Å². The lowest BCUT2D eigenvalue weighted by Crippen LogP contribution is -2.23. The monoisotopic (exact) mass is 272 g/mol. The molecule has 2 unspecified atom stereocenters. The summed E-state index contributed by atoms with van der Waals surface area (Å²) in [7, 11) is 0. The second kappa shape index (κ2) is 5.50. The van der Waals surface area contributed by atoms with Gasteiger partial charge in [0.15, 0.2) is 0 Å². The summed E-state index contributed by atoms with van der Waals surface area (Å²) in [4.78, 5) is 1.29. The van der Waals surface area contributed by atoms with E-state index in [9.17, 15) is 0 Å². The average Bonchev–Trinajstić information content (AvgIpc) is 2.60. The van der Waals surface area contributed by atoms with Crippen LogP contribution in [-0.2, 0) is 0 Å². The van der Waals surface area contributed by atoms with Gasteiger partial charge in [0.25, 0.3) is 0 Å². The van der Waals surface area contributed by atoms with Crippen LogP contribution in [0.5, 0.6) is 0 Å². The third kappa shape index (κ3) is 3.41. The summed E-state index contributed by atoms with van der Waals surface area (Å²) >= 11 is 5.15. The van der Waals surface area contributed by atoms with Crippen molar-refractivity contribution < 1.29 is 0 Å². The predicted molar refractivity (Wildman–Crippen MR) is 63.2 cm³/mol. The first-order chi connectivity index (χ1) is 6.63. The Morgan fingerprint density at radius 2 is 2.36 bits per heavy atom. The minimum Gasteiger partial charge on any atom is -0.308 e. The van der Waals surface area contributed by atoms with E-state index in [1.54, 1.807) is 11.3 Å². The molecule has 0 aromatic carbocycles. The first kappa shape index (κ1) is 11.7. The van der Waals surface area contributed by atoms with Gasteiger partial charge in [0.2, 0.25) is 0 Å². The number of hydrogen-bond donors (Lipinski definition) is 1. The van der Waals surface area contributed by atoms with Gasteiger partial charge in [-0.05, 0) is 35.8 Å². The summed E-state index contributed by atoms with van der Waals surface area (Å²) in [5, 5.41) is 14.0. The highest BCUT2D eigenvalue weighted by Crippen LogP contribution is 2.25. The lowest BCUT2D eigenvalue weighted by Gasteiger charge is -2.12. The molecule has 0 bridgehead atoms. The van der Waals surface area contributed by atoms with Crippen molar-refractivity contribution >= 4 is 27.3 Å². The number of rotatable bonds is 4. The zero-order valence-corrected chi connectivity index (χ0v) is 10.7. The molecule has 0 aliphatic carbocycles. The standard InChI is InChI=1S/C10H13BrN2S/c1-7(4-12)5-13-8(2)10-3-9(11)6-14-10/h3,6-8,13H,5H2,1-2H3. The Hall–Kier alpha value is -0.370. The van der Waals surface area contributed by atoms with Gasteiger partial charge in [-0.15, -0.1) is 11.3 Å². The summed E-state index contributed by atoms with van der Waals surface area (Å²) in [6.45, 7) is 4.78. The van der Waals surface area contributed by atoms with E-state index in [0.717, 1.165) is 11.0 Å². The molecule has 0 saturated carbocycles. The highest BCUT2D eigenvalue weighted by Gasteiger charge is 2.08. The van der Waals surface area contributed by atoms with Crippen LogP contribution >= 0.6 is 27.3 Å². The Balaban J connectivity index is 2.43. The quantitative estimate of drug-likeness (QED) is 0.913. The molecule has 4 heteroatoms. The minimum atomic E-state index is 0.0702. The van der Waals surface area contributed by atoms with Crippen molar-refractivity contribution in [3.8, 4) is 6.07 Å². The maximum Gasteiger partial charge on any atom is 0.0666 e. The fraction of sp³-hybridized carbons (Fsp3) is 0.500. The van der Waals surface area contributed by atoms with E-state index in [1.165, 1.54) is 4.88 Å². The topological polar surface area (TPSA) is 35.8 Å². The fourth-order valence-electron chi connectivity index (χ4n) is 1.06. The number of nitrogens with zero attached hydrogens (tertiary/aromatic N) is 1. The molecule has 0 spiro atoms. The molecule has 1 rings (SSSR count). The highest BCUT2D eigenvalue weighted by molar-refractivity contribution is 9.10. The zero-order chi connectivity index (χ0) is 10.6. The molecule has 1 aromatic heterocycles. The van der Waals surface area contributed by atoms with Crippen LogP contribution < -0.4 is 5.32 Å². The Kier molecular flexibility index (Phi) is 4.59. The van der Waals surface area contributed by atoms with Gasteiger partial charge in [0.05, 0.1) is 12.0 Å². The number of thiophene rings is 1. The Bertz CT molecular complexity index is 329. The molecule has 1 aromatic rings. The normalized spacial score (nSPS) is 14.7. The van der Waals surface area contributed by atoms with Gasteiger partial charge in [0, 0.05) is 27.3 Å². The second-order valence-corrected chi connectivity index (χ2v) is 5.19. The first-order valence-corrected chi connectivity index (χ1v) is 6.17. The molecule has 0 saturated heterocycles.